The van der Waals surface area contributed by atoms with Crippen molar-refractivity contribution in [2.24, 2.45) is 0 Å². The second-order valence-corrected chi connectivity index (χ2v) is 5.41. The summed E-state index contributed by atoms with van der Waals surface area (Å²) in [6.07, 6.45) is 0.454. The van der Waals surface area contributed by atoms with Crippen molar-refractivity contribution in [1.82, 2.24) is 0 Å². The summed E-state index contributed by atoms with van der Waals surface area (Å²) >= 11 is 3.37. The van der Waals surface area contributed by atoms with Crippen molar-refractivity contribution < 1.29 is 14.6 Å². The lowest BCUT2D eigenvalue weighted by Crippen LogP contribution is -2.14. The second kappa shape index (κ2) is 6.57. The van der Waals surface area contributed by atoms with Crippen LogP contribution in [0.3, 0.4) is 0 Å². The lowest BCUT2D eigenvalue weighted by atomic mass is 9.92. The molecule has 2 aromatic carbocycles. The van der Waals surface area contributed by atoms with Crippen LogP contribution in [0.15, 0.2) is 53.0 Å². The van der Waals surface area contributed by atoms with Crippen LogP contribution in [0.25, 0.3) is 0 Å². The van der Waals surface area contributed by atoms with Crippen LogP contribution in [0.1, 0.15) is 17.0 Å². The third-order valence-electron chi connectivity index (χ3n) is 3.15. The van der Waals surface area contributed by atoms with Crippen molar-refractivity contribution in [2.45, 2.75) is 12.3 Å². The van der Waals surface area contributed by atoms with E-state index in [1.165, 1.54) is 0 Å². The van der Waals surface area contributed by atoms with Gasteiger partial charge in [0, 0.05) is 4.47 Å². The van der Waals surface area contributed by atoms with Gasteiger partial charge >= 0.3 is 5.97 Å². The Labute approximate surface area is 126 Å². The highest BCUT2D eigenvalue weighted by Crippen LogP contribution is 2.25. The number of ether oxygens (including phenoxy) is 1. The molecule has 104 valence electrons. The summed E-state index contributed by atoms with van der Waals surface area (Å²) in [5.41, 5.74) is 1.76. The molecule has 3 nitrogen and oxygen atoms in total. The largest absolute Gasteiger partial charge is 0.497 e. The number of carboxylic acid groups (broad SMARTS) is 1. The Morgan fingerprint density at radius 3 is 2.50 bits per heavy atom. The minimum atomic E-state index is -0.820. The summed E-state index contributed by atoms with van der Waals surface area (Å²) in [6, 6.07) is 14.9. The molecule has 0 aliphatic rings. The Hall–Kier alpha value is -1.81. The van der Waals surface area contributed by atoms with E-state index in [9.17, 15) is 9.90 Å². The van der Waals surface area contributed by atoms with Gasteiger partial charge in [-0.25, -0.2) is 0 Å². The van der Waals surface area contributed by atoms with Gasteiger partial charge in [-0.3, -0.25) is 4.79 Å². The number of methoxy groups -OCH3 is 1. The van der Waals surface area contributed by atoms with Crippen LogP contribution < -0.4 is 4.74 Å². The Balaban J connectivity index is 2.23. The number of halogens is 1. The lowest BCUT2D eigenvalue weighted by Gasteiger charge is -2.13. The Bertz CT molecular complexity index is 593. The fourth-order valence-electron chi connectivity index (χ4n) is 2.07. The van der Waals surface area contributed by atoms with Crippen molar-refractivity contribution in [3.63, 3.8) is 0 Å². The van der Waals surface area contributed by atoms with Crippen molar-refractivity contribution in [3.8, 4) is 5.75 Å². The summed E-state index contributed by atoms with van der Waals surface area (Å²) in [4.78, 5) is 11.5. The van der Waals surface area contributed by atoms with Crippen LogP contribution in [0.2, 0.25) is 0 Å². The first-order chi connectivity index (χ1) is 9.60. The van der Waals surface area contributed by atoms with Crippen molar-refractivity contribution >= 4 is 21.9 Å². The number of benzene rings is 2. The quantitative estimate of drug-likeness (QED) is 0.902. The van der Waals surface area contributed by atoms with Gasteiger partial charge < -0.3 is 9.84 Å². The SMILES string of the molecule is COc1ccc(CC(C(=O)O)c2cccc(Br)c2)cc1. The molecule has 0 spiro atoms. The van der Waals surface area contributed by atoms with E-state index in [-0.39, 0.29) is 0 Å². The van der Waals surface area contributed by atoms with Crippen LogP contribution in [0.4, 0.5) is 0 Å². The molecule has 2 rings (SSSR count). The number of hydrogen-bond donors (Lipinski definition) is 1. The van der Waals surface area contributed by atoms with Crippen molar-refractivity contribution in [1.29, 1.82) is 0 Å². The highest BCUT2D eigenvalue weighted by atomic mass is 79.9. The Morgan fingerprint density at radius 1 is 1.25 bits per heavy atom. The minimum absolute atomic E-state index is 0.454. The van der Waals surface area contributed by atoms with Crippen LogP contribution in [0.5, 0.6) is 5.75 Å². The number of carboxylic acids is 1. The normalized spacial score (nSPS) is 11.9. The summed E-state index contributed by atoms with van der Waals surface area (Å²) in [5, 5.41) is 9.44. The predicted molar refractivity (Wildman–Crippen MR) is 81.2 cm³/mol. The third kappa shape index (κ3) is 3.61. The van der Waals surface area contributed by atoms with E-state index in [2.05, 4.69) is 15.9 Å². The molecule has 1 unspecified atom stereocenters. The molecule has 0 aromatic heterocycles. The van der Waals surface area contributed by atoms with E-state index in [1.807, 2.05) is 48.5 Å². The van der Waals surface area contributed by atoms with Gasteiger partial charge in [0.2, 0.25) is 0 Å². The molecule has 0 heterocycles. The molecule has 0 fully saturated rings. The smallest absolute Gasteiger partial charge is 0.311 e. The highest BCUT2D eigenvalue weighted by Gasteiger charge is 2.20. The molecule has 1 N–H and O–H groups in total. The molecule has 20 heavy (non-hydrogen) atoms. The standard InChI is InChI=1S/C16H15BrO3/c1-20-14-7-5-11(6-8-14)9-15(16(18)19)12-3-2-4-13(17)10-12/h2-8,10,15H,9H2,1H3,(H,18,19). The maximum Gasteiger partial charge on any atom is 0.311 e. The molecule has 1 atom stereocenters. The van der Waals surface area contributed by atoms with Gasteiger partial charge in [-0.05, 0) is 41.8 Å². The van der Waals surface area contributed by atoms with E-state index in [0.717, 1.165) is 21.3 Å². The number of rotatable bonds is 5. The Morgan fingerprint density at radius 2 is 1.95 bits per heavy atom. The summed E-state index contributed by atoms with van der Waals surface area (Å²) in [7, 11) is 1.61. The van der Waals surface area contributed by atoms with E-state index in [1.54, 1.807) is 7.11 Å². The first kappa shape index (κ1) is 14.6. The van der Waals surface area contributed by atoms with Gasteiger partial charge in [-0.15, -0.1) is 0 Å². The molecule has 0 saturated carbocycles. The fraction of sp³-hybridized carbons (Fsp3) is 0.188. The summed E-state index contributed by atoms with van der Waals surface area (Å²) in [5.74, 6) is -0.608. The molecule has 0 bridgehead atoms. The van der Waals surface area contributed by atoms with E-state index in [0.29, 0.717) is 6.42 Å². The van der Waals surface area contributed by atoms with Gasteiger partial charge in [-0.2, -0.15) is 0 Å². The molecule has 0 amide bonds. The Kier molecular flexibility index (Phi) is 4.79. The van der Waals surface area contributed by atoms with E-state index in [4.69, 9.17) is 4.74 Å². The van der Waals surface area contributed by atoms with Crippen LogP contribution >= 0.6 is 15.9 Å². The van der Waals surface area contributed by atoms with Crippen LogP contribution in [-0.4, -0.2) is 18.2 Å². The fourth-order valence-corrected chi connectivity index (χ4v) is 2.49. The van der Waals surface area contributed by atoms with Crippen LogP contribution in [0, 0.1) is 0 Å². The van der Waals surface area contributed by atoms with Gasteiger partial charge in [0.15, 0.2) is 0 Å². The van der Waals surface area contributed by atoms with E-state index < -0.39 is 11.9 Å². The molecule has 0 saturated heterocycles. The lowest BCUT2D eigenvalue weighted by molar-refractivity contribution is -0.138. The molecule has 0 radical (unpaired) electrons. The maximum atomic E-state index is 11.5. The molecule has 0 aliphatic heterocycles. The van der Waals surface area contributed by atoms with Gasteiger partial charge in [0.25, 0.3) is 0 Å². The van der Waals surface area contributed by atoms with Crippen LogP contribution in [-0.2, 0) is 11.2 Å². The maximum absolute atomic E-state index is 11.5. The zero-order chi connectivity index (χ0) is 14.5. The third-order valence-corrected chi connectivity index (χ3v) is 3.64. The van der Waals surface area contributed by atoms with Crippen molar-refractivity contribution in [3.05, 3.63) is 64.1 Å². The topological polar surface area (TPSA) is 46.5 Å². The predicted octanol–water partition coefficient (Wildman–Crippen LogP) is 3.87. The average molecular weight is 335 g/mol. The van der Waals surface area contributed by atoms with Crippen molar-refractivity contribution in [2.75, 3.05) is 7.11 Å². The number of aliphatic carboxylic acids is 1. The first-order valence-corrected chi connectivity index (χ1v) is 7.00. The molecular weight excluding hydrogens is 320 g/mol. The monoisotopic (exact) mass is 334 g/mol. The summed E-state index contributed by atoms with van der Waals surface area (Å²) < 4.78 is 5.98. The van der Waals surface area contributed by atoms with Gasteiger partial charge in [-0.1, -0.05) is 40.2 Å². The first-order valence-electron chi connectivity index (χ1n) is 6.21. The average Bonchev–Trinajstić information content (AvgIpc) is 2.45. The zero-order valence-electron chi connectivity index (χ0n) is 11.0. The van der Waals surface area contributed by atoms with Gasteiger partial charge in [0.05, 0.1) is 13.0 Å². The highest BCUT2D eigenvalue weighted by molar-refractivity contribution is 9.10. The second-order valence-electron chi connectivity index (χ2n) is 4.50. The molecule has 4 heteroatoms. The number of hydrogen-bond acceptors (Lipinski definition) is 2. The number of carbonyl (C=O) groups is 1. The van der Waals surface area contributed by atoms with E-state index >= 15 is 0 Å². The zero-order valence-corrected chi connectivity index (χ0v) is 12.6. The molecule has 2 aromatic rings. The minimum Gasteiger partial charge on any atom is -0.497 e. The molecule has 0 aliphatic carbocycles. The molecular formula is C16H15BrO3. The van der Waals surface area contributed by atoms with Gasteiger partial charge in [0.1, 0.15) is 5.75 Å². The summed E-state index contributed by atoms with van der Waals surface area (Å²) in [6.45, 7) is 0.